The highest BCUT2D eigenvalue weighted by molar-refractivity contribution is 8.03. The number of carbonyl (C=O) groups is 4. The van der Waals surface area contributed by atoms with Gasteiger partial charge in [0.2, 0.25) is 17.7 Å². The molecule has 3 amide bonds. The number of likely N-dealkylation sites (tertiary alicyclic amines) is 1. The number of nitrogens with zero attached hydrogens (tertiary/aromatic N) is 2. The van der Waals surface area contributed by atoms with E-state index in [1.807, 2.05) is 6.92 Å². The molecule has 0 aromatic rings. The second kappa shape index (κ2) is 10.3. The molecule has 7 atom stereocenters. The SMILES string of the molecule is C[C@@H](NC(=O)CNC(=N)N)[C@H]1C(=O)N2C(C(=O)O)=C(S[C@@H]3CN[C@H](C(=O)N4CC[C@H](N)C4)C3)[C@H](C)[C@@H]12. The highest BCUT2D eigenvalue weighted by atomic mass is 32.2. The minimum Gasteiger partial charge on any atom is -0.477 e. The monoisotopic (exact) mass is 522 g/mol. The molecule has 0 radical (unpaired) electrons. The molecule has 0 aromatic heterocycles. The van der Waals surface area contributed by atoms with Crippen LogP contribution >= 0.6 is 11.8 Å². The maximum atomic E-state index is 13.0. The lowest BCUT2D eigenvalue weighted by molar-refractivity contribution is -0.158. The van der Waals surface area contributed by atoms with Crippen LogP contribution in [0.3, 0.4) is 0 Å². The first-order valence-electron chi connectivity index (χ1n) is 12.1. The third-order valence-corrected chi connectivity index (χ3v) is 8.89. The molecule has 3 fully saturated rings. The first-order valence-corrected chi connectivity index (χ1v) is 13.0. The molecule has 13 nitrogen and oxygen atoms in total. The van der Waals surface area contributed by atoms with Crippen LogP contribution in [-0.4, -0.2) is 100 Å². The molecule has 36 heavy (non-hydrogen) atoms. The number of rotatable bonds is 8. The predicted molar refractivity (Wildman–Crippen MR) is 132 cm³/mol. The standard InChI is InChI=1S/C22H34N8O5S/c1-9-16-15(10(2)28-14(31)7-27-22(24)25)20(33)30(16)17(21(34)35)18(9)36-12-5-13(26-6-12)19(32)29-4-3-11(23)8-29/h9-13,15-16,26H,3-8,23H2,1-2H3,(H,28,31)(H,34,35)(H4,24,25,27)/t9-,10-,11+,12+,13+,15-,16+/m1/s1. The van der Waals surface area contributed by atoms with Crippen molar-refractivity contribution in [3.63, 3.8) is 0 Å². The summed E-state index contributed by atoms with van der Waals surface area (Å²) in [5.41, 5.74) is 11.1. The fraction of sp³-hybridized carbons (Fsp3) is 0.682. The van der Waals surface area contributed by atoms with E-state index in [0.29, 0.717) is 31.0 Å². The summed E-state index contributed by atoms with van der Waals surface area (Å²) in [5.74, 6) is -3.02. The molecule has 4 aliphatic rings. The first-order chi connectivity index (χ1) is 17.0. The number of carboxylic acids is 1. The van der Waals surface area contributed by atoms with Crippen LogP contribution in [0, 0.1) is 17.2 Å². The van der Waals surface area contributed by atoms with E-state index in [1.54, 1.807) is 11.8 Å². The van der Waals surface area contributed by atoms with E-state index in [9.17, 15) is 24.3 Å². The Balaban J connectivity index is 1.41. The van der Waals surface area contributed by atoms with E-state index in [0.717, 1.165) is 6.42 Å². The topological polar surface area (TPSA) is 207 Å². The second-order valence-corrected chi connectivity index (χ2v) is 11.3. The van der Waals surface area contributed by atoms with E-state index < -0.39 is 23.8 Å². The van der Waals surface area contributed by atoms with Gasteiger partial charge in [-0.3, -0.25) is 19.8 Å². The molecule has 0 saturated carbocycles. The minimum atomic E-state index is -1.16. The Hall–Kier alpha value is -2.84. The average molecular weight is 523 g/mol. The fourth-order valence-corrected chi connectivity index (χ4v) is 7.11. The van der Waals surface area contributed by atoms with Crippen molar-refractivity contribution < 1.29 is 24.3 Å². The van der Waals surface area contributed by atoms with Crippen LogP contribution in [0.25, 0.3) is 0 Å². The summed E-state index contributed by atoms with van der Waals surface area (Å²) >= 11 is 1.42. The number of nitrogens with two attached hydrogens (primary N) is 2. The molecule has 14 heteroatoms. The van der Waals surface area contributed by atoms with Crippen LogP contribution in [0.5, 0.6) is 0 Å². The van der Waals surface area contributed by atoms with E-state index in [2.05, 4.69) is 16.0 Å². The van der Waals surface area contributed by atoms with Crippen molar-refractivity contribution in [3.8, 4) is 0 Å². The fourth-order valence-electron chi connectivity index (χ4n) is 5.64. The van der Waals surface area contributed by atoms with Crippen LogP contribution in [0.1, 0.15) is 26.7 Å². The molecule has 0 spiro atoms. The Labute approximate surface area is 213 Å². The van der Waals surface area contributed by atoms with E-state index >= 15 is 0 Å². The lowest BCUT2D eigenvalue weighted by atomic mass is 9.78. The Morgan fingerprint density at radius 3 is 2.69 bits per heavy atom. The van der Waals surface area contributed by atoms with Gasteiger partial charge in [0.15, 0.2) is 5.96 Å². The van der Waals surface area contributed by atoms with Crippen molar-refractivity contribution in [1.29, 1.82) is 5.41 Å². The number of thioether (sulfide) groups is 1. The lowest BCUT2D eigenvalue weighted by Gasteiger charge is -2.47. The number of fused-ring (bicyclic) bond motifs is 1. The third kappa shape index (κ3) is 4.89. The summed E-state index contributed by atoms with van der Waals surface area (Å²) in [6, 6.07) is -1.22. The third-order valence-electron chi connectivity index (χ3n) is 7.38. The Kier molecular flexibility index (Phi) is 7.48. The molecular formula is C22H34N8O5S. The van der Waals surface area contributed by atoms with Crippen LogP contribution in [0.4, 0.5) is 0 Å². The largest absolute Gasteiger partial charge is 0.477 e. The molecule has 4 aliphatic heterocycles. The van der Waals surface area contributed by atoms with Gasteiger partial charge < -0.3 is 42.3 Å². The number of hydrogen-bond acceptors (Lipinski definition) is 8. The maximum Gasteiger partial charge on any atom is 0.353 e. The summed E-state index contributed by atoms with van der Waals surface area (Å²) < 4.78 is 0. The summed E-state index contributed by atoms with van der Waals surface area (Å²) in [4.78, 5) is 53.9. The highest BCUT2D eigenvalue weighted by Gasteiger charge is 2.60. The molecule has 0 bridgehead atoms. The number of aliphatic carboxylic acids is 1. The summed E-state index contributed by atoms with van der Waals surface area (Å²) in [6.45, 7) is 5.19. The maximum absolute atomic E-state index is 13.0. The number of carboxylic acid groups (broad SMARTS) is 1. The zero-order valence-corrected chi connectivity index (χ0v) is 21.1. The lowest BCUT2D eigenvalue weighted by Crippen LogP contribution is -2.66. The average Bonchev–Trinajstić information content (AvgIpc) is 3.50. The van der Waals surface area contributed by atoms with Crippen LogP contribution in [0.2, 0.25) is 0 Å². The normalized spacial score (nSPS) is 32.2. The van der Waals surface area contributed by atoms with Gasteiger partial charge in [-0.15, -0.1) is 11.8 Å². The zero-order chi connectivity index (χ0) is 26.3. The molecule has 0 aliphatic carbocycles. The van der Waals surface area contributed by atoms with Gasteiger partial charge in [0.1, 0.15) is 5.70 Å². The van der Waals surface area contributed by atoms with Crippen LogP contribution in [0.15, 0.2) is 10.6 Å². The van der Waals surface area contributed by atoms with Crippen molar-refractivity contribution in [1.82, 2.24) is 25.8 Å². The molecule has 198 valence electrons. The van der Waals surface area contributed by atoms with Crippen molar-refractivity contribution in [2.75, 3.05) is 26.2 Å². The zero-order valence-electron chi connectivity index (χ0n) is 20.3. The highest BCUT2D eigenvalue weighted by Crippen LogP contribution is 2.51. The molecular weight excluding hydrogens is 488 g/mol. The smallest absolute Gasteiger partial charge is 0.353 e. The number of carbonyl (C=O) groups excluding carboxylic acids is 3. The quantitative estimate of drug-likeness (QED) is 0.104. The number of β-lactam (4-membered cyclic amide) rings is 1. The molecule has 4 rings (SSSR count). The van der Waals surface area contributed by atoms with E-state index in [1.165, 1.54) is 16.7 Å². The van der Waals surface area contributed by atoms with Crippen LogP contribution < -0.4 is 27.4 Å². The summed E-state index contributed by atoms with van der Waals surface area (Å²) in [6.07, 6.45) is 1.36. The van der Waals surface area contributed by atoms with E-state index in [4.69, 9.17) is 16.9 Å². The van der Waals surface area contributed by atoms with Crippen molar-refractivity contribution in [2.24, 2.45) is 23.3 Å². The predicted octanol–water partition coefficient (Wildman–Crippen LogP) is -2.23. The Bertz CT molecular complexity index is 1000. The Morgan fingerprint density at radius 2 is 2.08 bits per heavy atom. The molecule has 0 unspecified atom stereocenters. The van der Waals surface area contributed by atoms with Gasteiger partial charge in [-0.05, 0) is 19.8 Å². The number of nitrogens with one attached hydrogen (secondary N) is 4. The van der Waals surface area contributed by atoms with Crippen molar-refractivity contribution >= 4 is 41.4 Å². The Morgan fingerprint density at radius 1 is 1.36 bits per heavy atom. The van der Waals surface area contributed by atoms with Gasteiger partial charge in [0.25, 0.3) is 0 Å². The van der Waals surface area contributed by atoms with Gasteiger partial charge in [0.05, 0.1) is 24.5 Å². The molecule has 4 heterocycles. The van der Waals surface area contributed by atoms with Crippen molar-refractivity contribution in [3.05, 3.63) is 10.6 Å². The molecule has 3 saturated heterocycles. The van der Waals surface area contributed by atoms with Gasteiger partial charge >= 0.3 is 5.97 Å². The minimum absolute atomic E-state index is 0.00387. The van der Waals surface area contributed by atoms with Crippen molar-refractivity contribution in [2.45, 2.75) is 56.1 Å². The summed E-state index contributed by atoms with van der Waals surface area (Å²) in [7, 11) is 0. The summed E-state index contributed by atoms with van der Waals surface area (Å²) in [5, 5.41) is 25.5. The van der Waals surface area contributed by atoms with Gasteiger partial charge in [-0.25, -0.2) is 4.79 Å². The van der Waals surface area contributed by atoms with E-state index in [-0.39, 0.29) is 59.3 Å². The van der Waals surface area contributed by atoms with Crippen LogP contribution in [-0.2, 0) is 19.2 Å². The first kappa shape index (κ1) is 26.2. The molecule has 9 N–H and O–H groups in total. The van der Waals surface area contributed by atoms with Gasteiger partial charge in [-0.2, -0.15) is 0 Å². The number of amides is 3. The number of guanidine groups is 1. The molecule has 0 aromatic carbocycles. The van der Waals surface area contributed by atoms with Gasteiger partial charge in [0, 0.05) is 47.8 Å². The second-order valence-electron chi connectivity index (χ2n) is 9.92. The number of hydrogen-bond donors (Lipinski definition) is 7. The van der Waals surface area contributed by atoms with Gasteiger partial charge in [-0.1, -0.05) is 6.92 Å².